The normalized spacial score (nSPS) is 17.3. The van der Waals surface area contributed by atoms with E-state index in [1.165, 1.54) is 19.3 Å². The van der Waals surface area contributed by atoms with Crippen LogP contribution in [-0.4, -0.2) is 45.0 Å². The molecule has 0 spiro atoms. The summed E-state index contributed by atoms with van der Waals surface area (Å²) in [4.78, 5) is 30.0. The monoisotopic (exact) mass is 621 g/mol. The molecule has 0 saturated heterocycles. The Hall–Kier alpha value is -3.76. The lowest BCUT2D eigenvalue weighted by Gasteiger charge is -2.31. The van der Waals surface area contributed by atoms with Crippen molar-refractivity contribution in [2.45, 2.75) is 50.8 Å². The first-order valence-electron chi connectivity index (χ1n) is 14.1. The number of aromatic nitrogens is 3. The van der Waals surface area contributed by atoms with E-state index in [-0.39, 0.29) is 28.8 Å². The summed E-state index contributed by atoms with van der Waals surface area (Å²) < 4.78 is 6.77. The van der Waals surface area contributed by atoms with Crippen LogP contribution in [0.3, 0.4) is 0 Å². The highest BCUT2D eigenvalue weighted by Crippen LogP contribution is 2.41. The number of ether oxygens (including phenoxy) is 1. The minimum absolute atomic E-state index is 0.0274. The number of carbonyl (C=O) groups is 1. The molecule has 1 amide bonds. The average Bonchev–Trinajstić information content (AvgIpc) is 3.00. The quantitative estimate of drug-likeness (QED) is 0.220. The Labute approximate surface area is 259 Å². The average molecular weight is 623 g/mol. The largest absolute Gasteiger partial charge is 0.481 e. The van der Waals surface area contributed by atoms with Crippen LogP contribution in [0.4, 0.5) is 5.69 Å². The number of hydrogen-bond acceptors (Lipinski definition) is 7. The molecule has 1 aliphatic rings. The van der Waals surface area contributed by atoms with Gasteiger partial charge in [0.2, 0.25) is 5.88 Å². The molecule has 2 aromatic heterocycles. The van der Waals surface area contributed by atoms with Crippen LogP contribution in [0.25, 0.3) is 22.4 Å². The Morgan fingerprint density at radius 3 is 2.47 bits per heavy atom. The molecular weight excluding hydrogens is 589 g/mol. The SMILES string of the molecule is COc1nc(-c2cccc(-c3cccc(NC(=O)c4ccnn(C)c4=O)c3Cl)c2Cl)ccc1[C@H](C)N[C@@H]1CCCC[C@@H]1O. The van der Waals surface area contributed by atoms with Gasteiger partial charge in [-0.25, -0.2) is 9.67 Å². The summed E-state index contributed by atoms with van der Waals surface area (Å²) in [5, 5.41) is 21.2. The first kappa shape index (κ1) is 30.7. The van der Waals surface area contributed by atoms with E-state index >= 15 is 0 Å². The maximum absolute atomic E-state index is 12.9. The molecule has 4 aromatic rings. The summed E-state index contributed by atoms with van der Waals surface area (Å²) in [7, 11) is 3.05. The number of carbonyl (C=O) groups excluding carboxylic acids is 1. The van der Waals surface area contributed by atoms with E-state index in [1.54, 1.807) is 25.3 Å². The van der Waals surface area contributed by atoms with Gasteiger partial charge < -0.3 is 20.5 Å². The Bertz CT molecular complexity index is 1710. The molecule has 1 saturated carbocycles. The second-order valence-corrected chi connectivity index (χ2v) is 11.4. The van der Waals surface area contributed by atoms with E-state index < -0.39 is 11.5 Å². The van der Waals surface area contributed by atoms with E-state index in [0.717, 1.165) is 35.9 Å². The number of amides is 1. The van der Waals surface area contributed by atoms with Crippen LogP contribution in [0.2, 0.25) is 10.0 Å². The van der Waals surface area contributed by atoms with Gasteiger partial charge in [-0.2, -0.15) is 5.10 Å². The summed E-state index contributed by atoms with van der Waals surface area (Å²) >= 11 is 13.7. The molecule has 0 aliphatic heterocycles. The van der Waals surface area contributed by atoms with Crippen LogP contribution in [0.5, 0.6) is 5.88 Å². The van der Waals surface area contributed by atoms with E-state index in [0.29, 0.717) is 39.0 Å². The van der Waals surface area contributed by atoms with Crippen molar-refractivity contribution >= 4 is 34.8 Å². The molecule has 0 radical (unpaired) electrons. The molecule has 3 N–H and O–H groups in total. The highest BCUT2D eigenvalue weighted by molar-refractivity contribution is 6.39. The van der Waals surface area contributed by atoms with Gasteiger partial charge in [-0.3, -0.25) is 9.59 Å². The van der Waals surface area contributed by atoms with Crippen molar-refractivity contribution in [1.82, 2.24) is 20.1 Å². The molecule has 5 rings (SSSR count). The molecule has 0 bridgehead atoms. The third kappa shape index (κ3) is 6.45. The number of rotatable bonds is 8. The van der Waals surface area contributed by atoms with Crippen molar-refractivity contribution in [1.29, 1.82) is 0 Å². The topological polar surface area (TPSA) is 118 Å². The van der Waals surface area contributed by atoms with Crippen molar-refractivity contribution in [3.8, 4) is 28.3 Å². The zero-order chi connectivity index (χ0) is 30.7. The maximum atomic E-state index is 12.9. The van der Waals surface area contributed by atoms with Crippen molar-refractivity contribution < 1.29 is 14.6 Å². The van der Waals surface area contributed by atoms with Crippen molar-refractivity contribution in [3.05, 3.63) is 92.3 Å². The van der Waals surface area contributed by atoms with E-state index in [4.69, 9.17) is 32.9 Å². The minimum Gasteiger partial charge on any atom is -0.481 e. The molecule has 0 unspecified atom stereocenters. The summed E-state index contributed by atoms with van der Waals surface area (Å²) in [6.07, 6.45) is 4.89. The van der Waals surface area contributed by atoms with Crippen molar-refractivity contribution in [2.75, 3.05) is 12.4 Å². The number of halogens is 2. The number of aliphatic hydroxyl groups is 1. The first-order valence-corrected chi connectivity index (χ1v) is 14.9. The summed E-state index contributed by atoms with van der Waals surface area (Å²) in [6.45, 7) is 2.04. The number of benzene rings is 2. The number of methoxy groups -OCH3 is 1. The third-order valence-electron chi connectivity index (χ3n) is 7.80. The predicted octanol–water partition coefficient (Wildman–Crippen LogP) is 6.03. The Morgan fingerprint density at radius 1 is 1.02 bits per heavy atom. The maximum Gasteiger partial charge on any atom is 0.279 e. The van der Waals surface area contributed by atoms with Crippen LogP contribution in [0, 0.1) is 0 Å². The number of nitrogens with one attached hydrogen (secondary N) is 2. The molecule has 224 valence electrons. The highest BCUT2D eigenvalue weighted by Gasteiger charge is 2.26. The van der Waals surface area contributed by atoms with Crippen LogP contribution in [0.1, 0.15) is 54.6 Å². The minimum atomic E-state index is -0.597. The van der Waals surface area contributed by atoms with Crippen LogP contribution >= 0.6 is 23.2 Å². The zero-order valence-corrected chi connectivity index (χ0v) is 25.6. The van der Waals surface area contributed by atoms with Crippen molar-refractivity contribution in [2.24, 2.45) is 7.05 Å². The summed E-state index contributed by atoms with van der Waals surface area (Å²) in [6, 6.07) is 15.9. The van der Waals surface area contributed by atoms with E-state index in [9.17, 15) is 14.7 Å². The molecule has 11 heteroatoms. The van der Waals surface area contributed by atoms with E-state index in [2.05, 4.69) is 15.7 Å². The first-order chi connectivity index (χ1) is 20.7. The van der Waals surface area contributed by atoms with Gasteiger partial charge in [0.05, 0.1) is 34.6 Å². The molecule has 2 heterocycles. The van der Waals surface area contributed by atoms with Gasteiger partial charge in [-0.05, 0) is 44.0 Å². The molecular formula is C32H33Cl2N5O4. The number of hydrogen-bond donors (Lipinski definition) is 3. The van der Waals surface area contributed by atoms with Gasteiger partial charge in [0.25, 0.3) is 11.5 Å². The van der Waals surface area contributed by atoms with Gasteiger partial charge in [-0.15, -0.1) is 0 Å². The van der Waals surface area contributed by atoms with Crippen LogP contribution in [0.15, 0.2) is 65.6 Å². The fraction of sp³-hybridized carbons (Fsp3) is 0.312. The van der Waals surface area contributed by atoms with Crippen LogP contribution < -0.4 is 20.9 Å². The van der Waals surface area contributed by atoms with Crippen LogP contribution in [-0.2, 0) is 7.05 Å². The predicted molar refractivity (Wildman–Crippen MR) is 169 cm³/mol. The molecule has 9 nitrogen and oxygen atoms in total. The third-order valence-corrected chi connectivity index (χ3v) is 8.62. The molecule has 1 fully saturated rings. The molecule has 1 aliphatic carbocycles. The fourth-order valence-corrected chi connectivity index (χ4v) is 6.05. The van der Waals surface area contributed by atoms with Gasteiger partial charge in [0.1, 0.15) is 5.56 Å². The van der Waals surface area contributed by atoms with Gasteiger partial charge >= 0.3 is 0 Å². The smallest absolute Gasteiger partial charge is 0.279 e. The van der Waals surface area contributed by atoms with Gasteiger partial charge in [-0.1, -0.05) is 66.4 Å². The summed E-state index contributed by atoms with van der Waals surface area (Å²) in [5.41, 5.74) is 3.18. The standard InChI is InChI=1S/C32H33Cl2N5O4/c1-18(36-25-11-4-5-13-27(25)40)19-14-15-24(38-31(19)43-3)22-10-6-8-20(28(22)33)21-9-7-12-26(29(21)34)37-30(41)23-16-17-35-39(2)32(23)42/h6-10,12,14-18,25,27,36,40H,4-5,11,13H2,1-3H3,(H,37,41)/t18-,25+,27-/m0/s1. The summed E-state index contributed by atoms with van der Waals surface area (Å²) in [5.74, 6) is -0.130. The molecule has 2 aromatic carbocycles. The Balaban J connectivity index is 1.43. The molecule has 43 heavy (non-hydrogen) atoms. The van der Waals surface area contributed by atoms with Gasteiger partial charge in [0, 0.05) is 47.6 Å². The lowest BCUT2D eigenvalue weighted by molar-refractivity contribution is 0.0857. The highest BCUT2D eigenvalue weighted by atomic mass is 35.5. The number of anilines is 1. The van der Waals surface area contributed by atoms with E-state index in [1.807, 2.05) is 37.3 Å². The second-order valence-electron chi connectivity index (χ2n) is 10.6. The number of aryl methyl sites for hydroxylation is 1. The lowest BCUT2D eigenvalue weighted by atomic mass is 9.91. The molecule has 3 atom stereocenters. The lowest BCUT2D eigenvalue weighted by Crippen LogP contribution is -2.43. The Morgan fingerprint density at radius 2 is 1.72 bits per heavy atom. The number of nitrogens with zero attached hydrogens (tertiary/aromatic N) is 3. The second kappa shape index (κ2) is 13.3. The van der Waals surface area contributed by atoms with Crippen molar-refractivity contribution in [3.63, 3.8) is 0 Å². The zero-order valence-electron chi connectivity index (χ0n) is 24.1. The van der Waals surface area contributed by atoms with Gasteiger partial charge in [0.15, 0.2) is 0 Å². The number of aliphatic hydroxyl groups excluding tert-OH is 1. The number of pyridine rings is 1. The fourth-order valence-electron chi connectivity index (χ4n) is 5.45. The Kier molecular flexibility index (Phi) is 9.46.